The predicted molar refractivity (Wildman–Crippen MR) is 74.5 cm³/mol. The highest BCUT2D eigenvalue weighted by molar-refractivity contribution is 5.79. The first-order valence-corrected chi connectivity index (χ1v) is 6.29. The molecule has 0 bridgehead atoms. The van der Waals surface area contributed by atoms with E-state index < -0.39 is 0 Å². The van der Waals surface area contributed by atoms with Crippen molar-refractivity contribution in [3.05, 3.63) is 23.5 Å². The summed E-state index contributed by atoms with van der Waals surface area (Å²) in [7, 11) is 1.65. The van der Waals surface area contributed by atoms with Gasteiger partial charge in [-0.2, -0.15) is 0 Å². The van der Waals surface area contributed by atoms with E-state index in [1.807, 2.05) is 19.1 Å². The molecule has 0 unspecified atom stereocenters. The summed E-state index contributed by atoms with van der Waals surface area (Å²) in [6, 6.07) is 3.83. The normalized spacial score (nSPS) is 11.9. The van der Waals surface area contributed by atoms with Gasteiger partial charge in [-0.15, -0.1) is 0 Å². The number of rotatable bonds is 7. The molecule has 0 fully saturated rings. The number of nitrogens with zero attached hydrogens (tertiary/aromatic N) is 3. The minimum absolute atomic E-state index is 0.244. The summed E-state index contributed by atoms with van der Waals surface area (Å²) in [5.74, 6) is 1.06. The molecule has 1 aromatic heterocycles. The van der Waals surface area contributed by atoms with Crippen LogP contribution in [0.4, 0.5) is 0 Å². The van der Waals surface area contributed by atoms with Crippen LogP contribution in [0, 0.1) is 6.92 Å². The molecule has 1 heterocycles. The van der Waals surface area contributed by atoms with Gasteiger partial charge in [0.1, 0.15) is 11.6 Å². The number of aryl methyl sites for hydroxylation is 1. The number of methoxy groups -OCH3 is 1. The van der Waals surface area contributed by atoms with Gasteiger partial charge in [0.2, 0.25) is 0 Å². The largest absolute Gasteiger partial charge is 0.497 e. The fraction of sp³-hybridized carbons (Fsp3) is 0.538. The highest BCUT2D eigenvalue weighted by atomic mass is 16.5. The predicted octanol–water partition coefficient (Wildman–Crippen LogP) is 1.36. The van der Waals surface area contributed by atoms with E-state index >= 15 is 0 Å². The van der Waals surface area contributed by atoms with Crippen LogP contribution in [0.25, 0.3) is 0 Å². The van der Waals surface area contributed by atoms with Crippen LogP contribution in [-0.2, 0) is 6.54 Å². The van der Waals surface area contributed by atoms with Gasteiger partial charge in [-0.25, -0.2) is 0 Å². The van der Waals surface area contributed by atoms with Gasteiger partial charge in [0, 0.05) is 37.3 Å². The van der Waals surface area contributed by atoms with Gasteiger partial charge in [0.15, 0.2) is 0 Å². The summed E-state index contributed by atoms with van der Waals surface area (Å²) >= 11 is 0. The van der Waals surface area contributed by atoms with E-state index in [1.54, 1.807) is 7.11 Å². The van der Waals surface area contributed by atoms with Gasteiger partial charge in [0.25, 0.3) is 0 Å². The number of amidine groups is 1. The van der Waals surface area contributed by atoms with Gasteiger partial charge >= 0.3 is 0 Å². The number of nitrogens with two attached hydrogens (primary N) is 1. The third kappa shape index (κ3) is 5.13. The maximum Gasteiger partial charge on any atom is 0.140 e. The van der Waals surface area contributed by atoms with Crippen LogP contribution in [0.15, 0.2) is 17.3 Å². The summed E-state index contributed by atoms with van der Waals surface area (Å²) in [5.41, 5.74) is 7.37. The molecule has 0 aliphatic carbocycles. The molecular formula is C13H22N4O2. The smallest absolute Gasteiger partial charge is 0.140 e. The zero-order valence-electron chi connectivity index (χ0n) is 11.8. The summed E-state index contributed by atoms with van der Waals surface area (Å²) in [6.07, 6.45) is 0.535. The molecule has 3 N–H and O–H groups in total. The van der Waals surface area contributed by atoms with E-state index in [-0.39, 0.29) is 5.84 Å². The van der Waals surface area contributed by atoms with E-state index in [9.17, 15) is 0 Å². The van der Waals surface area contributed by atoms with Crippen LogP contribution < -0.4 is 10.5 Å². The SMILES string of the molecule is CCN(CC/C(N)=N/O)Cc1cc(OC)cc(C)n1. The van der Waals surface area contributed by atoms with Crippen molar-refractivity contribution >= 4 is 5.84 Å². The quantitative estimate of drug-likeness (QED) is 0.337. The lowest BCUT2D eigenvalue weighted by atomic mass is 10.2. The van der Waals surface area contributed by atoms with Crippen LogP contribution in [-0.4, -0.2) is 41.1 Å². The second kappa shape index (κ2) is 7.58. The summed E-state index contributed by atoms with van der Waals surface area (Å²) in [4.78, 5) is 6.66. The van der Waals surface area contributed by atoms with Crippen molar-refractivity contribution in [2.24, 2.45) is 10.9 Å². The molecule has 1 rings (SSSR count). The molecule has 0 saturated carbocycles. The van der Waals surface area contributed by atoms with Crippen molar-refractivity contribution in [1.82, 2.24) is 9.88 Å². The fourth-order valence-electron chi connectivity index (χ4n) is 1.80. The molecule has 0 amide bonds. The molecule has 0 aromatic carbocycles. The van der Waals surface area contributed by atoms with Gasteiger partial charge in [-0.1, -0.05) is 12.1 Å². The molecule has 0 aliphatic rings. The van der Waals surface area contributed by atoms with Crippen LogP contribution >= 0.6 is 0 Å². The number of pyridine rings is 1. The van der Waals surface area contributed by atoms with Gasteiger partial charge in [-0.05, 0) is 13.5 Å². The first kappa shape index (κ1) is 15.2. The van der Waals surface area contributed by atoms with Crippen molar-refractivity contribution in [2.45, 2.75) is 26.8 Å². The lowest BCUT2D eigenvalue weighted by Crippen LogP contribution is -2.28. The Bertz CT molecular complexity index is 435. The Hall–Kier alpha value is -1.82. The van der Waals surface area contributed by atoms with E-state index in [4.69, 9.17) is 15.7 Å². The van der Waals surface area contributed by atoms with E-state index in [1.165, 1.54) is 0 Å². The average molecular weight is 266 g/mol. The van der Waals surface area contributed by atoms with Crippen LogP contribution in [0.2, 0.25) is 0 Å². The van der Waals surface area contributed by atoms with E-state index in [0.29, 0.717) is 13.0 Å². The van der Waals surface area contributed by atoms with Crippen molar-refractivity contribution in [1.29, 1.82) is 0 Å². The Labute approximate surface area is 113 Å². The molecule has 0 atom stereocenters. The molecule has 6 heteroatoms. The Kier molecular flexibility index (Phi) is 6.08. The van der Waals surface area contributed by atoms with Gasteiger partial charge in [0.05, 0.1) is 12.8 Å². The topological polar surface area (TPSA) is 84.0 Å². The minimum Gasteiger partial charge on any atom is -0.497 e. The highest BCUT2D eigenvalue weighted by Crippen LogP contribution is 2.14. The average Bonchev–Trinajstić information content (AvgIpc) is 2.42. The molecule has 0 spiro atoms. The van der Waals surface area contributed by atoms with Crippen molar-refractivity contribution in [3.8, 4) is 5.75 Å². The highest BCUT2D eigenvalue weighted by Gasteiger charge is 2.08. The zero-order chi connectivity index (χ0) is 14.3. The Morgan fingerprint density at radius 3 is 2.84 bits per heavy atom. The number of hydrogen-bond donors (Lipinski definition) is 2. The Balaban J connectivity index is 2.67. The lowest BCUT2D eigenvalue weighted by molar-refractivity contribution is 0.279. The summed E-state index contributed by atoms with van der Waals surface area (Å²) in [6.45, 7) is 6.33. The maximum atomic E-state index is 8.53. The van der Waals surface area contributed by atoms with Gasteiger partial charge in [-0.3, -0.25) is 9.88 Å². The molecule has 0 aliphatic heterocycles. The third-order valence-electron chi connectivity index (χ3n) is 2.86. The maximum absolute atomic E-state index is 8.53. The molecule has 106 valence electrons. The number of oxime groups is 1. The fourth-order valence-corrected chi connectivity index (χ4v) is 1.80. The summed E-state index contributed by atoms with van der Waals surface area (Å²) < 4.78 is 5.24. The first-order chi connectivity index (χ1) is 9.08. The van der Waals surface area contributed by atoms with Gasteiger partial charge < -0.3 is 15.7 Å². The Morgan fingerprint density at radius 2 is 2.26 bits per heavy atom. The Morgan fingerprint density at radius 1 is 1.53 bits per heavy atom. The molecule has 6 nitrogen and oxygen atoms in total. The second-order valence-electron chi connectivity index (χ2n) is 4.35. The number of aromatic nitrogens is 1. The molecule has 0 radical (unpaired) electrons. The van der Waals surface area contributed by atoms with Crippen LogP contribution in [0.1, 0.15) is 24.7 Å². The molecule has 0 saturated heterocycles. The molecule has 19 heavy (non-hydrogen) atoms. The third-order valence-corrected chi connectivity index (χ3v) is 2.86. The molecular weight excluding hydrogens is 244 g/mol. The number of hydrogen-bond acceptors (Lipinski definition) is 5. The standard InChI is InChI=1S/C13H22N4O2/c1-4-17(6-5-13(14)16-18)9-11-8-12(19-3)7-10(2)15-11/h7-8,18H,4-6,9H2,1-3H3,(H2,14,16). The monoisotopic (exact) mass is 266 g/mol. The van der Waals surface area contributed by atoms with E-state index in [2.05, 4.69) is 22.0 Å². The van der Waals surface area contributed by atoms with Crippen LogP contribution in [0.5, 0.6) is 5.75 Å². The minimum atomic E-state index is 0.244. The number of ether oxygens (including phenoxy) is 1. The van der Waals surface area contributed by atoms with Crippen LogP contribution in [0.3, 0.4) is 0 Å². The first-order valence-electron chi connectivity index (χ1n) is 6.29. The van der Waals surface area contributed by atoms with Crippen molar-refractivity contribution < 1.29 is 9.94 Å². The summed E-state index contributed by atoms with van der Waals surface area (Å²) in [5, 5.41) is 11.5. The van der Waals surface area contributed by atoms with Crippen molar-refractivity contribution in [3.63, 3.8) is 0 Å². The molecule has 1 aromatic rings. The second-order valence-corrected chi connectivity index (χ2v) is 4.35. The zero-order valence-corrected chi connectivity index (χ0v) is 11.8. The lowest BCUT2D eigenvalue weighted by Gasteiger charge is -2.20. The van der Waals surface area contributed by atoms with Crippen molar-refractivity contribution in [2.75, 3.05) is 20.2 Å². The van der Waals surface area contributed by atoms with E-state index in [0.717, 1.165) is 30.2 Å².